The van der Waals surface area contributed by atoms with E-state index in [1.54, 1.807) is 0 Å². The zero-order valence-electron chi connectivity index (χ0n) is 14.1. The molecule has 1 aromatic heterocycles. The first-order chi connectivity index (χ1) is 11.1. The van der Waals surface area contributed by atoms with E-state index in [0.29, 0.717) is 12.0 Å². The van der Waals surface area contributed by atoms with Crippen LogP contribution in [0, 0.1) is 11.8 Å². The SMILES string of the molecule is CC(C)C(=O)N1CC[C@@H]2COCCN(Cc3cccnc3)[C@@H]2C1. The van der Waals surface area contributed by atoms with Crippen molar-refractivity contribution >= 4 is 5.91 Å². The Kier molecular flexibility index (Phi) is 5.28. The van der Waals surface area contributed by atoms with Crippen molar-refractivity contribution in [3.05, 3.63) is 30.1 Å². The Hall–Kier alpha value is -1.46. The van der Waals surface area contributed by atoms with Crippen LogP contribution in [0.15, 0.2) is 24.5 Å². The molecule has 23 heavy (non-hydrogen) atoms. The van der Waals surface area contributed by atoms with E-state index in [0.717, 1.165) is 45.8 Å². The minimum absolute atomic E-state index is 0.0698. The van der Waals surface area contributed by atoms with Gasteiger partial charge in [-0.1, -0.05) is 19.9 Å². The van der Waals surface area contributed by atoms with Crippen molar-refractivity contribution in [2.75, 3.05) is 32.8 Å². The van der Waals surface area contributed by atoms with Gasteiger partial charge in [-0.3, -0.25) is 14.7 Å². The number of likely N-dealkylation sites (tertiary alicyclic amines) is 1. The zero-order chi connectivity index (χ0) is 16.2. The van der Waals surface area contributed by atoms with Gasteiger partial charge in [0.05, 0.1) is 13.2 Å². The van der Waals surface area contributed by atoms with E-state index in [-0.39, 0.29) is 11.8 Å². The van der Waals surface area contributed by atoms with Gasteiger partial charge in [0.2, 0.25) is 5.91 Å². The van der Waals surface area contributed by atoms with E-state index >= 15 is 0 Å². The van der Waals surface area contributed by atoms with Gasteiger partial charge in [-0.25, -0.2) is 0 Å². The smallest absolute Gasteiger partial charge is 0.225 e. The highest BCUT2D eigenvalue weighted by molar-refractivity contribution is 5.78. The summed E-state index contributed by atoms with van der Waals surface area (Å²) in [6.07, 6.45) is 4.77. The molecule has 5 heteroatoms. The van der Waals surface area contributed by atoms with Gasteiger partial charge >= 0.3 is 0 Å². The standard InChI is InChI=1S/C18H27N3O2/c1-14(2)18(22)21-7-5-16-13-23-9-8-20(17(16)12-21)11-15-4-3-6-19-10-15/h3-4,6,10,14,16-17H,5,7-9,11-13H2,1-2H3/t16-,17-/m1/s1. The molecule has 2 fully saturated rings. The fourth-order valence-electron chi connectivity index (χ4n) is 3.66. The van der Waals surface area contributed by atoms with Crippen LogP contribution in [-0.4, -0.2) is 59.6 Å². The molecule has 0 aliphatic carbocycles. The van der Waals surface area contributed by atoms with Gasteiger partial charge in [0.1, 0.15) is 0 Å². The molecule has 0 bridgehead atoms. The molecule has 2 atom stereocenters. The molecule has 2 saturated heterocycles. The number of hydrogen-bond donors (Lipinski definition) is 0. The maximum atomic E-state index is 12.4. The van der Waals surface area contributed by atoms with Crippen molar-refractivity contribution in [3.63, 3.8) is 0 Å². The van der Waals surface area contributed by atoms with E-state index < -0.39 is 0 Å². The number of rotatable bonds is 3. The van der Waals surface area contributed by atoms with Crippen LogP contribution >= 0.6 is 0 Å². The summed E-state index contributed by atoms with van der Waals surface area (Å²) >= 11 is 0. The first kappa shape index (κ1) is 16.4. The van der Waals surface area contributed by atoms with Crippen LogP contribution in [0.5, 0.6) is 0 Å². The minimum atomic E-state index is 0.0698. The maximum absolute atomic E-state index is 12.4. The number of carbonyl (C=O) groups is 1. The summed E-state index contributed by atoms with van der Waals surface area (Å²) in [5.74, 6) is 0.862. The molecule has 0 spiro atoms. The topological polar surface area (TPSA) is 45.7 Å². The molecule has 3 heterocycles. The van der Waals surface area contributed by atoms with E-state index in [1.165, 1.54) is 5.56 Å². The third kappa shape index (κ3) is 3.90. The van der Waals surface area contributed by atoms with Crippen LogP contribution in [0.25, 0.3) is 0 Å². The molecule has 0 aromatic carbocycles. The second-order valence-electron chi connectivity index (χ2n) is 6.96. The lowest BCUT2D eigenvalue weighted by atomic mass is 9.90. The summed E-state index contributed by atoms with van der Waals surface area (Å²) in [7, 11) is 0. The van der Waals surface area contributed by atoms with Crippen LogP contribution in [-0.2, 0) is 16.1 Å². The number of amides is 1. The van der Waals surface area contributed by atoms with Crippen molar-refractivity contribution < 1.29 is 9.53 Å². The molecule has 126 valence electrons. The average molecular weight is 317 g/mol. The Labute approximate surface area is 138 Å². The Bertz CT molecular complexity index is 520. The van der Waals surface area contributed by atoms with Gasteiger partial charge in [0.25, 0.3) is 0 Å². The predicted octanol–water partition coefficient (Wildman–Crippen LogP) is 1.79. The van der Waals surface area contributed by atoms with E-state index in [1.807, 2.05) is 37.2 Å². The van der Waals surface area contributed by atoms with Crippen molar-refractivity contribution in [1.82, 2.24) is 14.8 Å². The Morgan fingerprint density at radius 2 is 2.30 bits per heavy atom. The molecule has 1 aromatic rings. The number of nitrogens with zero attached hydrogens (tertiary/aromatic N) is 3. The summed E-state index contributed by atoms with van der Waals surface area (Å²) in [4.78, 5) is 21.1. The molecule has 0 N–H and O–H groups in total. The van der Waals surface area contributed by atoms with Crippen molar-refractivity contribution in [3.8, 4) is 0 Å². The number of pyridine rings is 1. The lowest BCUT2D eigenvalue weighted by Gasteiger charge is -2.43. The molecular formula is C18H27N3O2. The third-order valence-electron chi connectivity index (χ3n) is 4.96. The van der Waals surface area contributed by atoms with Gasteiger partial charge in [-0.15, -0.1) is 0 Å². The van der Waals surface area contributed by atoms with E-state index in [9.17, 15) is 4.79 Å². The zero-order valence-corrected chi connectivity index (χ0v) is 14.1. The van der Waals surface area contributed by atoms with Crippen molar-refractivity contribution in [1.29, 1.82) is 0 Å². The van der Waals surface area contributed by atoms with E-state index in [2.05, 4.69) is 16.0 Å². The second-order valence-corrected chi connectivity index (χ2v) is 6.96. The third-order valence-corrected chi connectivity index (χ3v) is 4.96. The average Bonchev–Trinajstić information content (AvgIpc) is 2.77. The Balaban J connectivity index is 1.74. The first-order valence-corrected chi connectivity index (χ1v) is 8.64. The fraction of sp³-hybridized carbons (Fsp3) is 0.667. The molecule has 2 aliphatic rings. The van der Waals surface area contributed by atoms with Gasteiger partial charge in [0.15, 0.2) is 0 Å². The van der Waals surface area contributed by atoms with Crippen LogP contribution in [0.3, 0.4) is 0 Å². The van der Waals surface area contributed by atoms with Crippen LogP contribution < -0.4 is 0 Å². The number of aromatic nitrogens is 1. The first-order valence-electron chi connectivity index (χ1n) is 8.64. The molecule has 1 amide bonds. The Morgan fingerprint density at radius 3 is 3.04 bits per heavy atom. The predicted molar refractivity (Wildman–Crippen MR) is 88.8 cm³/mol. The highest BCUT2D eigenvalue weighted by Crippen LogP contribution is 2.27. The molecule has 0 saturated carbocycles. The monoisotopic (exact) mass is 317 g/mol. The number of fused-ring (bicyclic) bond motifs is 1. The molecule has 3 rings (SSSR count). The maximum Gasteiger partial charge on any atom is 0.225 e. The van der Waals surface area contributed by atoms with Gasteiger partial charge in [-0.2, -0.15) is 0 Å². The lowest BCUT2D eigenvalue weighted by molar-refractivity contribution is -0.137. The highest BCUT2D eigenvalue weighted by Gasteiger charge is 2.37. The minimum Gasteiger partial charge on any atom is -0.380 e. The summed E-state index contributed by atoms with van der Waals surface area (Å²) in [6, 6.07) is 4.48. The van der Waals surface area contributed by atoms with Crippen LogP contribution in [0.4, 0.5) is 0 Å². The quantitative estimate of drug-likeness (QED) is 0.853. The van der Waals surface area contributed by atoms with Gasteiger partial charge in [0, 0.05) is 56.5 Å². The lowest BCUT2D eigenvalue weighted by Crippen LogP contribution is -2.54. The number of piperidine rings is 1. The Morgan fingerprint density at radius 1 is 1.43 bits per heavy atom. The molecule has 0 unspecified atom stereocenters. The highest BCUT2D eigenvalue weighted by atomic mass is 16.5. The molecule has 2 aliphatic heterocycles. The largest absolute Gasteiger partial charge is 0.380 e. The normalized spacial score (nSPS) is 26.0. The van der Waals surface area contributed by atoms with Crippen LogP contribution in [0.2, 0.25) is 0 Å². The number of ether oxygens (including phenoxy) is 1. The summed E-state index contributed by atoms with van der Waals surface area (Å²) in [6.45, 7) is 9.04. The van der Waals surface area contributed by atoms with Gasteiger partial charge < -0.3 is 9.64 Å². The second kappa shape index (κ2) is 7.41. The van der Waals surface area contributed by atoms with E-state index in [4.69, 9.17) is 4.74 Å². The molecule has 5 nitrogen and oxygen atoms in total. The number of hydrogen-bond acceptors (Lipinski definition) is 4. The number of carbonyl (C=O) groups excluding carboxylic acids is 1. The van der Waals surface area contributed by atoms with Crippen LogP contribution in [0.1, 0.15) is 25.8 Å². The van der Waals surface area contributed by atoms with Gasteiger partial charge in [-0.05, 0) is 18.1 Å². The van der Waals surface area contributed by atoms with Crippen molar-refractivity contribution in [2.24, 2.45) is 11.8 Å². The van der Waals surface area contributed by atoms with Crippen molar-refractivity contribution in [2.45, 2.75) is 32.9 Å². The summed E-state index contributed by atoms with van der Waals surface area (Å²) in [5.41, 5.74) is 1.22. The molecule has 0 radical (unpaired) electrons. The fourth-order valence-corrected chi connectivity index (χ4v) is 3.66. The summed E-state index contributed by atoms with van der Waals surface area (Å²) < 4.78 is 5.81. The molecular weight excluding hydrogens is 290 g/mol. The summed E-state index contributed by atoms with van der Waals surface area (Å²) in [5, 5.41) is 0.